The summed E-state index contributed by atoms with van der Waals surface area (Å²) < 4.78 is 38.5. The van der Waals surface area contributed by atoms with E-state index >= 15 is 0 Å². The standard InChI is InChI=1S/C22H30N4O5S2/c1-17(21-3-2-14-32-21)23-16-22(27)24-19-15-18(33(28,29)26-8-12-31-13-9-26)4-5-20(19)25-6-10-30-11-7-25/h2-5,14-15,17,23H,6-13,16H2,1H3,(H,24,27). The second-order valence-corrected chi connectivity index (χ2v) is 10.9. The Balaban J connectivity index is 1.53. The number of morpholine rings is 2. The van der Waals surface area contributed by atoms with Gasteiger partial charge in [0.25, 0.3) is 0 Å². The maximum atomic E-state index is 13.2. The van der Waals surface area contributed by atoms with E-state index in [0.717, 1.165) is 10.6 Å². The first-order chi connectivity index (χ1) is 15.9. The summed E-state index contributed by atoms with van der Waals surface area (Å²) in [6.45, 7) is 6.03. The molecule has 11 heteroatoms. The Morgan fingerprint density at radius 3 is 2.45 bits per heavy atom. The Morgan fingerprint density at radius 2 is 1.79 bits per heavy atom. The molecular weight excluding hydrogens is 464 g/mol. The van der Waals surface area contributed by atoms with Crippen molar-refractivity contribution < 1.29 is 22.7 Å². The van der Waals surface area contributed by atoms with Crippen LogP contribution in [0.4, 0.5) is 11.4 Å². The molecule has 1 unspecified atom stereocenters. The first-order valence-electron chi connectivity index (χ1n) is 11.1. The Kier molecular flexibility index (Phi) is 7.99. The van der Waals surface area contributed by atoms with E-state index in [1.54, 1.807) is 29.5 Å². The average molecular weight is 495 g/mol. The van der Waals surface area contributed by atoms with Crippen molar-refractivity contribution in [3.05, 3.63) is 40.6 Å². The molecule has 3 heterocycles. The van der Waals surface area contributed by atoms with Gasteiger partial charge >= 0.3 is 0 Å². The molecule has 180 valence electrons. The fourth-order valence-electron chi connectivity index (χ4n) is 3.87. The van der Waals surface area contributed by atoms with E-state index in [1.807, 2.05) is 24.4 Å². The Labute approximate surface area is 198 Å². The van der Waals surface area contributed by atoms with Crippen molar-refractivity contribution in [1.29, 1.82) is 0 Å². The Morgan fingerprint density at radius 1 is 1.09 bits per heavy atom. The number of benzene rings is 1. The smallest absolute Gasteiger partial charge is 0.243 e. The fourth-order valence-corrected chi connectivity index (χ4v) is 6.06. The molecule has 33 heavy (non-hydrogen) atoms. The number of sulfonamides is 1. The van der Waals surface area contributed by atoms with Gasteiger partial charge in [-0.15, -0.1) is 11.3 Å². The number of nitrogens with one attached hydrogen (secondary N) is 2. The summed E-state index contributed by atoms with van der Waals surface area (Å²) in [5.74, 6) is -0.228. The van der Waals surface area contributed by atoms with Crippen LogP contribution in [-0.2, 0) is 24.3 Å². The molecule has 0 radical (unpaired) electrons. The molecule has 9 nitrogen and oxygen atoms in total. The quantitative estimate of drug-likeness (QED) is 0.578. The molecule has 2 aliphatic heterocycles. The molecule has 2 N–H and O–H groups in total. The number of hydrogen-bond acceptors (Lipinski definition) is 8. The van der Waals surface area contributed by atoms with Crippen LogP contribution in [-0.4, -0.2) is 77.8 Å². The van der Waals surface area contributed by atoms with Gasteiger partial charge in [-0.2, -0.15) is 4.31 Å². The number of carbonyl (C=O) groups excluding carboxylic acids is 1. The summed E-state index contributed by atoms with van der Waals surface area (Å²) >= 11 is 1.63. The molecule has 0 saturated carbocycles. The number of amides is 1. The first-order valence-corrected chi connectivity index (χ1v) is 13.4. The summed E-state index contributed by atoms with van der Waals surface area (Å²) in [5, 5.41) is 8.16. The highest BCUT2D eigenvalue weighted by atomic mass is 32.2. The van der Waals surface area contributed by atoms with Gasteiger partial charge in [-0.05, 0) is 36.6 Å². The largest absolute Gasteiger partial charge is 0.379 e. The zero-order chi connectivity index (χ0) is 23.3. The second-order valence-electron chi connectivity index (χ2n) is 7.96. The molecule has 1 aromatic heterocycles. The van der Waals surface area contributed by atoms with Crippen molar-refractivity contribution in [1.82, 2.24) is 9.62 Å². The van der Waals surface area contributed by atoms with Crippen LogP contribution in [0, 0.1) is 0 Å². The lowest BCUT2D eigenvalue weighted by atomic mass is 10.2. The number of anilines is 2. The molecule has 1 amide bonds. The number of thiophene rings is 1. The van der Waals surface area contributed by atoms with Crippen LogP contribution in [0.15, 0.2) is 40.6 Å². The summed E-state index contributed by atoms with van der Waals surface area (Å²) in [4.78, 5) is 16.2. The molecule has 2 saturated heterocycles. The van der Waals surface area contributed by atoms with Crippen LogP contribution in [0.1, 0.15) is 17.8 Å². The van der Waals surface area contributed by atoms with Crippen molar-refractivity contribution in [2.24, 2.45) is 0 Å². The average Bonchev–Trinajstić information content (AvgIpc) is 3.39. The predicted molar refractivity (Wildman–Crippen MR) is 128 cm³/mol. The van der Waals surface area contributed by atoms with Gasteiger partial charge in [0.15, 0.2) is 0 Å². The van der Waals surface area contributed by atoms with Crippen LogP contribution in [0.5, 0.6) is 0 Å². The molecule has 2 fully saturated rings. The van der Waals surface area contributed by atoms with Crippen molar-refractivity contribution in [3.8, 4) is 0 Å². The number of ether oxygens (including phenoxy) is 2. The third-order valence-corrected chi connectivity index (χ3v) is 8.69. The predicted octanol–water partition coefficient (Wildman–Crippen LogP) is 1.89. The van der Waals surface area contributed by atoms with E-state index in [0.29, 0.717) is 58.3 Å². The molecule has 0 spiro atoms. The molecule has 1 atom stereocenters. The number of hydrogen-bond donors (Lipinski definition) is 2. The summed E-state index contributed by atoms with van der Waals surface area (Å²) in [7, 11) is -3.68. The molecule has 0 bridgehead atoms. The molecule has 2 aromatic rings. The van der Waals surface area contributed by atoms with Crippen LogP contribution in [0.25, 0.3) is 0 Å². The minimum Gasteiger partial charge on any atom is -0.379 e. The number of carbonyl (C=O) groups is 1. The van der Waals surface area contributed by atoms with Gasteiger partial charge in [0.2, 0.25) is 15.9 Å². The van der Waals surface area contributed by atoms with E-state index in [-0.39, 0.29) is 23.4 Å². The monoisotopic (exact) mass is 494 g/mol. The molecular formula is C22H30N4O5S2. The first kappa shape index (κ1) is 24.1. The zero-order valence-electron chi connectivity index (χ0n) is 18.7. The van der Waals surface area contributed by atoms with Gasteiger partial charge in [-0.25, -0.2) is 8.42 Å². The third-order valence-electron chi connectivity index (χ3n) is 5.74. The van der Waals surface area contributed by atoms with Gasteiger partial charge in [0, 0.05) is 37.1 Å². The third kappa shape index (κ3) is 5.92. The van der Waals surface area contributed by atoms with Crippen molar-refractivity contribution in [3.63, 3.8) is 0 Å². The van der Waals surface area contributed by atoms with Crippen molar-refractivity contribution in [2.75, 3.05) is 69.4 Å². The molecule has 0 aliphatic carbocycles. The zero-order valence-corrected chi connectivity index (χ0v) is 20.3. The fraction of sp³-hybridized carbons (Fsp3) is 0.500. The Hall–Kier alpha value is -2.02. The van der Waals surface area contributed by atoms with Gasteiger partial charge in [0.05, 0.1) is 49.2 Å². The summed E-state index contributed by atoms with van der Waals surface area (Å²) in [5.41, 5.74) is 1.28. The highest BCUT2D eigenvalue weighted by Crippen LogP contribution is 2.31. The van der Waals surface area contributed by atoms with Crippen LogP contribution >= 0.6 is 11.3 Å². The van der Waals surface area contributed by atoms with Crippen molar-refractivity contribution >= 4 is 38.6 Å². The second kappa shape index (κ2) is 10.9. The van der Waals surface area contributed by atoms with E-state index < -0.39 is 10.0 Å². The maximum absolute atomic E-state index is 13.2. The minimum atomic E-state index is -3.68. The molecule has 4 rings (SSSR count). The van der Waals surface area contributed by atoms with Gasteiger partial charge in [0.1, 0.15) is 0 Å². The van der Waals surface area contributed by atoms with E-state index in [1.165, 1.54) is 4.31 Å². The van der Waals surface area contributed by atoms with Crippen LogP contribution < -0.4 is 15.5 Å². The molecule has 2 aliphatic rings. The van der Waals surface area contributed by atoms with E-state index in [2.05, 4.69) is 15.5 Å². The minimum absolute atomic E-state index is 0.0440. The normalized spacial score (nSPS) is 18.8. The van der Waals surface area contributed by atoms with Gasteiger partial charge in [-0.3, -0.25) is 4.79 Å². The van der Waals surface area contributed by atoms with E-state index in [4.69, 9.17) is 9.47 Å². The lowest BCUT2D eigenvalue weighted by molar-refractivity contribution is -0.115. The highest BCUT2D eigenvalue weighted by molar-refractivity contribution is 7.89. The SMILES string of the molecule is CC(NCC(=O)Nc1cc(S(=O)(=O)N2CCOCC2)ccc1N1CCOCC1)c1cccs1. The number of rotatable bonds is 8. The highest BCUT2D eigenvalue weighted by Gasteiger charge is 2.28. The molecule has 1 aromatic carbocycles. The topological polar surface area (TPSA) is 100 Å². The lowest BCUT2D eigenvalue weighted by Gasteiger charge is -2.31. The number of nitrogens with zero attached hydrogens (tertiary/aromatic N) is 2. The lowest BCUT2D eigenvalue weighted by Crippen LogP contribution is -2.40. The summed E-state index contributed by atoms with van der Waals surface area (Å²) in [6, 6.07) is 9.00. The van der Waals surface area contributed by atoms with E-state index in [9.17, 15) is 13.2 Å². The maximum Gasteiger partial charge on any atom is 0.243 e. The van der Waals surface area contributed by atoms with Crippen LogP contribution in [0.3, 0.4) is 0 Å². The van der Waals surface area contributed by atoms with Gasteiger partial charge < -0.3 is 25.0 Å². The summed E-state index contributed by atoms with van der Waals surface area (Å²) in [6.07, 6.45) is 0. The Bertz CT molecular complexity index is 1030. The van der Waals surface area contributed by atoms with Crippen LogP contribution in [0.2, 0.25) is 0 Å². The van der Waals surface area contributed by atoms with Crippen molar-refractivity contribution in [2.45, 2.75) is 17.9 Å². The van der Waals surface area contributed by atoms with Gasteiger partial charge in [-0.1, -0.05) is 6.07 Å².